The molecule has 0 nitrogen and oxygen atoms in total. The zero-order valence-electron chi connectivity index (χ0n) is 44.9. The Bertz CT molecular complexity index is 2060. The number of rotatable bonds is 10. The fourth-order valence-corrected chi connectivity index (χ4v) is 39.8. The summed E-state index contributed by atoms with van der Waals surface area (Å²) < 4.78 is 0. The Hall–Kier alpha value is 0.112. The molecule has 0 heterocycles. The monoisotopic (exact) mass is 1050 g/mol. The van der Waals surface area contributed by atoms with Gasteiger partial charge in [0.2, 0.25) is 0 Å². The molecule has 0 bridgehead atoms. The van der Waals surface area contributed by atoms with Crippen LogP contribution in [0.1, 0.15) is 55.6 Å². The first-order valence-electron chi connectivity index (χ1n) is 22.5. The third-order valence-corrected chi connectivity index (χ3v) is 33.4. The average Bonchev–Trinajstić information content (AvgIpc) is 3.21. The van der Waals surface area contributed by atoms with E-state index in [1.165, 1.54) is 27.8 Å². The van der Waals surface area contributed by atoms with Gasteiger partial charge >= 0.3 is 21.7 Å². The molecule has 0 fully saturated rings. The van der Waals surface area contributed by atoms with Crippen LogP contribution in [0.3, 0.4) is 0 Å². The van der Waals surface area contributed by atoms with Crippen LogP contribution >= 0.6 is 0 Å². The molecule has 0 saturated carbocycles. The summed E-state index contributed by atoms with van der Waals surface area (Å²) in [6.45, 7) is 73.4. The van der Waals surface area contributed by atoms with Crippen molar-refractivity contribution in [3.05, 3.63) is 73.8 Å². The topological polar surface area (TPSA) is 0 Å². The molecule has 0 unspecified atom stereocenters. The molecular weight excluding hydrogens is 963 g/mol. The zero-order valence-corrected chi connectivity index (χ0v) is 55.7. The first kappa shape index (κ1) is 62.1. The van der Waals surface area contributed by atoms with Crippen molar-refractivity contribution in [2.75, 3.05) is 0 Å². The first-order valence-corrected chi connectivity index (χ1v) is 45.5. The van der Waals surface area contributed by atoms with Crippen molar-refractivity contribution in [3.8, 4) is 0 Å². The minimum absolute atomic E-state index is 0. The molecule has 344 valence electrons. The molecule has 4 aromatic carbocycles. The van der Waals surface area contributed by atoms with Gasteiger partial charge in [0.25, 0.3) is 0 Å². The van der Waals surface area contributed by atoms with Gasteiger partial charge in [-0.1, -0.05) is 195 Å². The van der Waals surface area contributed by atoms with Gasteiger partial charge in [-0.05, 0) is 90.5 Å². The SMILES string of the molecule is Cc1cc([Si](C)(C)C)c([Si](C)(C)C)c([Si](c2c(C)c(C)cc([Si](C)(C)C)c2[Si](C)(C)C)(c2c(C)c(C)cc([Si](C)(C)C)c2[Si](C)(C)C)c2c(C)c(C)c(C)[c-]2C)c1C.[Cl-].[Cl-].[Cl-].[Ti+4]. The van der Waals surface area contributed by atoms with Crippen molar-refractivity contribution in [2.24, 2.45) is 0 Å². The Morgan fingerprint density at radius 2 is 0.548 bits per heavy atom. The molecule has 0 radical (unpaired) electrons. The Balaban J connectivity index is 0.00000930. The predicted octanol–water partition coefficient (Wildman–Crippen LogP) is 0.148. The van der Waals surface area contributed by atoms with E-state index in [2.05, 4.69) is 205 Å². The van der Waals surface area contributed by atoms with Crippen LogP contribution in [0.15, 0.2) is 18.2 Å². The van der Waals surface area contributed by atoms with Gasteiger partial charge in [0.15, 0.2) is 8.07 Å². The molecule has 0 N–H and O–H groups in total. The maximum absolute atomic E-state index is 3.25. The molecule has 4 aromatic rings. The standard InChI is InChI=1S/C51H87Si7.3ClH.Ti/c1-32-29-42(52(11,12)13)49(55(20,21)22)46(35(32)4)58(45-40(9)38(7)39(8)41(45)10,47-36(5)33(2)30-43(53(14,15)16)50(47)56(23,24)25)48-37(6)34(3)31-44(54(17,18)19)51(48)57(26,27)28;;;;/h29-31H,1-28H3;3*1H;/q-1;;;;+4/p-3. The summed E-state index contributed by atoms with van der Waals surface area (Å²) in [6.07, 6.45) is 0. The summed E-state index contributed by atoms with van der Waals surface area (Å²) in [6, 6.07) is 8.14. The third-order valence-electron chi connectivity index (χ3n) is 14.2. The number of halogens is 3. The predicted molar refractivity (Wildman–Crippen MR) is 291 cm³/mol. The number of hydrogen-bond donors (Lipinski definition) is 0. The van der Waals surface area contributed by atoms with Crippen LogP contribution in [0.25, 0.3) is 0 Å². The molecule has 0 atom stereocenters. The molecular formula is C51H87Cl3Si7Ti. The van der Waals surface area contributed by atoms with E-state index in [4.69, 9.17) is 0 Å². The van der Waals surface area contributed by atoms with E-state index in [1.54, 1.807) is 48.6 Å². The van der Waals surface area contributed by atoms with E-state index in [1.807, 2.05) is 31.1 Å². The molecule has 0 amide bonds. The average molecular weight is 1050 g/mol. The van der Waals surface area contributed by atoms with E-state index in [-0.39, 0.29) is 58.9 Å². The Labute approximate surface area is 424 Å². The maximum atomic E-state index is 2.71. The Morgan fingerprint density at radius 1 is 0.323 bits per heavy atom. The fourth-order valence-electron chi connectivity index (χ4n) is 10.8. The van der Waals surface area contributed by atoms with Crippen LogP contribution in [0.4, 0.5) is 0 Å². The summed E-state index contributed by atoms with van der Waals surface area (Å²) in [5.41, 5.74) is 15.5. The van der Waals surface area contributed by atoms with Gasteiger partial charge in [-0.15, -0.1) is 0 Å². The van der Waals surface area contributed by atoms with E-state index < -0.39 is 56.5 Å². The first-order chi connectivity index (χ1) is 25.8. The van der Waals surface area contributed by atoms with Gasteiger partial charge in [-0.2, -0.15) is 27.4 Å². The van der Waals surface area contributed by atoms with Crippen LogP contribution in [0, 0.1) is 69.2 Å². The van der Waals surface area contributed by atoms with Gasteiger partial charge in [-0.25, -0.2) is 0 Å². The van der Waals surface area contributed by atoms with Gasteiger partial charge in [0.05, 0.1) is 48.4 Å². The normalized spacial score (nSPS) is 13.0. The Kier molecular flexibility index (Phi) is 20.0. The minimum Gasteiger partial charge on any atom is -1.00 e. The quantitative estimate of drug-likeness (QED) is 0.121. The van der Waals surface area contributed by atoms with Crippen LogP contribution < -0.4 is 89.1 Å². The van der Waals surface area contributed by atoms with E-state index >= 15 is 0 Å². The van der Waals surface area contributed by atoms with Crippen molar-refractivity contribution in [1.82, 2.24) is 0 Å². The summed E-state index contributed by atoms with van der Waals surface area (Å²) >= 11 is 0. The van der Waals surface area contributed by atoms with Gasteiger partial charge in [-0.3, -0.25) is 0 Å². The molecule has 0 aliphatic heterocycles. The van der Waals surface area contributed by atoms with Crippen molar-refractivity contribution >= 4 is 108 Å². The summed E-state index contributed by atoms with van der Waals surface area (Å²) in [7, 11) is -14.8. The van der Waals surface area contributed by atoms with Crippen molar-refractivity contribution in [3.63, 3.8) is 0 Å². The summed E-state index contributed by atoms with van der Waals surface area (Å²) in [4.78, 5) is 0. The van der Waals surface area contributed by atoms with Gasteiger partial charge in [0.1, 0.15) is 0 Å². The van der Waals surface area contributed by atoms with E-state index in [9.17, 15) is 0 Å². The minimum atomic E-state index is -3.25. The number of aryl methyl sites for hydroxylation is 3. The number of benzene rings is 3. The molecule has 4 rings (SSSR count). The third kappa shape index (κ3) is 10.7. The Morgan fingerprint density at radius 3 is 0.710 bits per heavy atom. The second-order valence-corrected chi connectivity index (χ2v) is 58.6. The van der Waals surface area contributed by atoms with Crippen LogP contribution in [-0.4, -0.2) is 56.5 Å². The van der Waals surface area contributed by atoms with Gasteiger partial charge < -0.3 is 37.2 Å². The molecule has 0 spiro atoms. The summed E-state index contributed by atoms with van der Waals surface area (Å²) in [5, 5.41) is 17.9. The van der Waals surface area contributed by atoms with Crippen LogP contribution in [0.2, 0.25) is 118 Å². The van der Waals surface area contributed by atoms with Crippen LogP contribution in [-0.2, 0) is 21.7 Å². The second-order valence-electron chi connectivity index (χ2n) is 25.0. The molecule has 11 heteroatoms. The molecule has 0 aliphatic carbocycles. The maximum Gasteiger partial charge on any atom is 4.00 e. The molecule has 62 heavy (non-hydrogen) atoms. The van der Waals surface area contributed by atoms with Crippen LogP contribution in [0.5, 0.6) is 0 Å². The summed E-state index contributed by atoms with van der Waals surface area (Å²) in [5.74, 6) is 0. The van der Waals surface area contributed by atoms with Gasteiger partial charge in [0, 0.05) is 0 Å². The van der Waals surface area contributed by atoms with E-state index in [0.29, 0.717) is 0 Å². The largest absolute Gasteiger partial charge is 4.00 e. The van der Waals surface area contributed by atoms with Crippen molar-refractivity contribution < 1.29 is 58.9 Å². The van der Waals surface area contributed by atoms with Crippen molar-refractivity contribution in [1.29, 1.82) is 0 Å². The van der Waals surface area contributed by atoms with E-state index in [0.717, 1.165) is 0 Å². The smallest absolute Gasteiger partial charge is 1.00 e. The fraction of sp³-hybridized carbons (Fsp3) is 0.549. The second kappa shape index (κ2) is 20.0. The number of hydrogen-bond acceptors (Lipinski definition) is 0. The molecule has 0 aromatic heterocycles. The molecule has 0 aliphatic rings. The van der Waals surface area contributed by atoms with Crippen molar-refractivity contribution in [2.45, 2.75) is 187 Å². The molecule has 0 saturated heterocycles. The zero-order chi connectivity index (χ0) is 45.2.